The van der Waals surface area contributed by atoms with Crippen LogP contribution in [0.15, 0.2) is 42.7 Å². The average Bonchev–Trinajstić information content (AvgIpc) is 3.05. The molecule has 0 atom stereocenters. The topological polar surface area (TPSA) is 55.6 Å². The lowest BCUT2D eigenvalue weighted by Gasteiger charge is -2.22. The van der Waals surface area contributed by atoms with Crippen molar-refractivity contribution in [2.24, 2.45) is 0 Å². The van der Waals surface area contributed by atoms with Gasteiger partial charge in [-0.25, -0.2) is 14.6 Å². The van der Waals surface area contributed by atoms with E-state index in [4.69, 9.17) is 4.98 Å². The van der Waals surface area contributed by atoms with Crippen molar-refractivity contribution < 1.29 is 0 Å². The highest BCUT2D eigenvalue weighted by molar-refractivity contribution is 5.62. The summed E-state index contributed by atoms with van der Waals surface area (Å²) in [6.07, 6.45) is 10.2. The summed E-state index contributed by atoms with van der Waals surface area (Å²) in [7, 11) is 0. The van der Waals surface area contributed by atoms with Gasteiger partial charge in [-0.1, -0.05) is 37.0 Å². The molecular formula is C21H25N5. The Balaban J connectivity index is 1.59. The minimum atomic E-state index is 0.496. The zero-order chi connectivity index (χ0) is 17.9. The van der Waals surface area contributed by atoms with Gasteiger partial charge in [0, 0.05) is 24.0 Å². The monoisotopic (exact) mass is 347 g/mol. The minimum absolute atomic E-state index is 0.496. The molecule has 5 nitrogen and oxygen atoms in total. The Morgan fingerprint density at radius 1 is 1.00 bits per heavy atom. The van der Waals surface area contributed by atoms with Crippen LogP contribution < -0.4 is 5.32 Å². The molecule has 0 radical (unpaired) electrons. The largest absolute Gasteiger partial charge is 0.351 e. The van der Waals surface area contributed by atoms with Gasteiger partial charge in [-0.2, -0.15) is 5.10 Å². The van der Waals surface area contributed by atoms with Crippen LogP contribution in [0.1, 0.15) is 43.4 Å². The standard InChI is InChI=1S/C21H25N5/c1-15-8-10-18(11-9-15)26-14-19(16(2)25-26)20-12-13-22-21(24-20)23-17-6-4-3-5-7-17/h8-14,17H,3-7H2,1-2H3,(H,22,23,24). The summed E-state index contributed by atoms with van der Waals surface area (Å²) in [6, 6.07) is 10.8. The molecule has 0 spiro atoms. The Kier molecular flexibility index (Phi) is 4.69. The number of nitrogens with zero attached hydrogens (tertiary/aromatic N) is 4. The maximum absolute atomic E-state index is 4.74. The molecule has 1 fully saturated rings. The Morgan fingerprint density at radius 2 is 1.77 bits per heavy atom. The summed E-state index contributed by atoms with van der Waals surface area (Å²) < 4.78 is 1.92. The van der Waals surface area contributed by atoms with E-state index in [9.17, 15) is 0 Å². The van der Waals surface area contributed by atoms with Gasteiger partial charge in [0.05, 0.1) is 17.1 Å². The van der Waals surface area contributed by atoms with Gasteiger partial charge in [-0.3, -0.25) is 0 Å². The molecule has 1 N–H and O–H groups in total. The normalized spacial score (nSPS) is 15.2. The summed E-state index contributed by atoms with van der Waals surface area (Å²) in [5.41, 5.74) is 5.22. The molecule has 134 valence electrons. The van der Waals surface area contributed by atoms with Gasteiger partial charge >= 0.3 is 0 Å². The van der Waals surface area contributed by atoms with Crippen molar-refractivity contribution in [1.29, 1.82) is 0 Å². The van der Waals surface area contributed by atoms with Gasteiger partial charge in [0.2, 0.25) is 5.95 Å². The van der Waals surface area contributed by atoms with Gasteiger partial charge in [-0.05, 0) is 44.9 Å². The second-order valence-electron chi connectivity index (χ2n) is 7.15. The van der Waals surface area contributed by atoms with Gasteiger partial charge in [0.1, 0.15) is 0 Å². The van der Waals surface area contributed by atoms with Crippen molar-refractivity contribution in [2.45, 2.75) is 52.0 Å². The highest BCUT2D eigenvalue weighted by Crippen LogP contribution is 2.24. The van der Waals surface area contributed by atoms with Crippen LogP contribution >= 0.6 is 0 Å². The molecule has 1 aliphatic rings. The van der Waals surface area contributed by atoms with E-state index in [1.54, 1.807) is 0 Å². The summed E-state index contributed by atoms with van der Waals surface area (Å²) in [5.74, 6) is 0.719. The fourth-order valence-electron chi connectivity index (χ4n) is 3.55. The molecule has 26 heavy (non-hydrogen) atoms. The summed E-state index contributed by atoms with van der Waals surface area (Å²) in [5, 5.41) is 8.17. The van der Waals surface area contributed by atoms with Crippen molar-refractivity contribution in [3.63, 3.8) is 0 Å². The van der Waals surface area contributed by atoms with E-state index in [0.29, 0.717) is 6.04 Å². The molecule has 1 aromatic carbocycles. The summed E-state index contributed by atoms with van der Waals surface area (Å²) in [4.78, 5) is 9.16. The number of nitrogens with one attached hydrogen (secondary N) is 1. The van der Waals surface area contributed by atoms with Crippen LogP contribution in [0.3, 0.4) is 0 Å². The molecule has 3 aromatic rings. The average molecular weight is 347 g/mol. The summed E-state index contributed by atoms with van der Waals surface area (Å²) >= 11 is 0. The van der Waals surface area contributed by atoms with Gasteiger partial charge in [-0.15, -0.1) is 0 Å². The highest BCUT2D eigenvalue weighted by Gasteiger charge is 2.15. The minimum Gasteiger partial charge on any atom is -0.351 e. The van der Waals surface area contributed by atoms with Gasteiger partial charge in [0.25, 0.3) is 0 Å². The molecule has 0 aliphatic heterocycles. The van der Waals surface area contributed by atoms with Crippen molar-refractivity contribution in [3.05, 3.63) is 54.0 Å². The molecule has 2 heterocycles. The smallest absolute Gasteiger partial charge is 0.223 e. The number of rotatable bonds is 4. The first-order valence-electron chi connectivity index (χ1n) is 9.42. The van der Waals surface area contributed by atoms with E-state index in [2.05, 4.69) is 46.6 Å². The second-order valence-corrected chi connectivity index (χ2v) is 7.15. The predicted octanol–water partition coefficient (Wildman–Crippen LogP) is 4.69. The van der Waals surface area contributed by atoms with Crippen LogP contribution in [0, 0.1) is 13.8 Å². The van der Waals surface area contributed by atoms with Crippen LogP contribution in [0.25, 0.3) is 16.9 Å². The van der Waals surface area contributed by atoms with Crippen LogP contribution in [-0.2, 0) is 0 Å². The Hall–Kier alpha value is -2.69. The van der Waals surface area contributed by atoms with E-state index in [-0.39, 0.29) is 0 Å². The third-order valence-corrected chi connectivity index (χ3v) is 5.07. The van der Waals surface area contributed by atoms with E-state index < -0.39 is 0 Å². The van der Waals surface area contributed by atoms with Crippen molar-refractivity contribution in [2.75, 3.05) is 5.32 Å². The lowest BCUT2D eigenvalue weighted by molar-refractivity contribution is 0.461. The second kappa shape index (κ2) is 7.28. The molecule has 1 saturated carbocycles. The van der Waals surface area contributed by atoms with Crippen LogP contribution in [-0.4, -0.2) is 25.8 Å². The van der Waals surface area contributed by atoms with E-state index in [1.165, 1.54) is 37.7 Å². The Bertz CT molecular complexity index is 876. The quantitative estimate of drug-likeness (QED) is 0.744. The van der Waals surface area contributed by atoms with Crippen molar-refractivity contribution >= 4 is 5.95 Å². The van der Waals surface area contributed by atoms with Crippen molar-refractivity contribution in [3.8, 4) is 16.9 Å². The molecule has 1 aliphatic carbocycles. The molecule has 0 unspecified atom stereocenters. The molecule has 4 rings (SSSR count). The number of anilines is 1. The number of hydrogen-bond donors (Lipinski definition) is 1. The van der Waals surface area contributed by atoms with E-state index in [0.717, 1.165) is 28.6 Å². The third-order valence-electron chi connectivity index (χ3n) is 5.07. The molecule has 0 saturated heterocycles. The number of aryl methyl sites for hydroxylation is 2. The zero-order valence-corrected chi connectivity index (χ0v) is 15.4. The number of aromatic nitrogens is 4. The SMILES string of the molecule is Cc1ccc(-n2cc(-c3ccnc(NC4CCCCC4)n3)c(C)n2)cc1. The highest BCUT2D eigenvalue weighted by atomic mass is 15.3. The summed E-state index contributed by atoms with van der Waals surface area (Å²) in [6.45, 7) is 4.11. The van der Waals surface area contributed by atoms with Crippen LogP contribution in [0.2, 0.25) is 0 Å². The van der Waals surface area contributed by atoms with Crippen LogP contribution in [0.5, 0.6) is 0 Å². The predicted molar refractivity (Wildman–Crippen MR) is 105 cm³/mol. The molecule has 0 bridgehead atoms. The van der Waals surface area contributed by atoms with E-state index in [1.807, 2.05) is 30.1 Å². The van der Waals surface area contributed by atoms with Crippen LogP contribution in [0.4, 0.5) is 5.95 Å². The molecule has 2 aromatic heterocycles. The number of hydrogen-bond acceptors (Lipinski definition) is 4. The van der Waals surface area contributed by atoms with E-state index >= 15 is 0 Å². The zero-order valence-electron chi connectivity index (χ0n) is 15.4. The molecule has 5 heteroatoms. The molecule has 0 amide bonds. The lowest BCUT2D eigenvalue weighted by Crippen LogP contribution is -2.23. The first-order chi connectivity index (χ1) is 12.7. The van der Waals surface area contributed by atoms with Crippen molar-refractivity contribution in [1.82, 2.24) is 19.7 Å². The first kappa shape index (κ1) is 16.8. The van der Waals surface area contributed by atoms with Gasteiger partial charge in [0.15, 0.2) is 0 Å². The Morgan fingerprint density at radius 3 is 2.54 bits per heavy atom. The lowest BCUT2D eigenvalue weighted by atomic mass is 9.96. The first-order valence-corrected chi connectivity index (χ1v) is 9.42. The maximum atomic E-state index is 4.74. The number of benzene rings is 1. The Labute approximate surface area is 154 Å². The fraction of sp³-hybridized carbons (Fsp3) is 0.381. The molecular weight excluding hydrogens is 322 g/mol. The fourth-order valence-corrected chi connectivity index (χ4v) is 3.55. The van der Waals surface area contributed by atoms with Gasteiger partial charge < -0.3 is 5.32 Å². The maximum Gasteiger partial charge on any atom is 0.223 e. The third kappa shape index (κ3) is 3.62.